The van der Waals surface area contributed by atoms with Crippen LogP contribution in [0.3, 0.4) is 0 Å². The molecule has 2 aromatic rings. The van der Waals surface area contributed by atoms with Gasteiger partial charge in [0.1, 0.15) is 51.1 Å². The number of rotatable bonds is 4. The van der Waals surface area contributed by atoms with E-state index in [4.69, 9.17) is 11.0 Å². The first-order chi connectivity index (χ1) is 16.2. The highest BCUT2D eigenvalue weighted by Gasteiger charge is 2.42. The van der Waals surface area contributed by atoms with Crippen molar-refractivity contribution in [2.24, 2.45) is 15.1 Å². The second kappa shape index (κ2) is 9.10. The molecule has 3 heterocycles. The molecule has 0 saturated heterocycles. The minimum atomic E-state index is -4.71. The van der Waals surface area contributed by atoms with Crippen molar-refractivity contribution in [3.8, 4) is 6.07 Å². The molecule has 0 spiro atoms. The Hall–Kier alpha value is -3.80. The lowest BCUT2D eigenvalue weighted by Gasteiger charge is -2.36. The Morgan fingerprint density at radius 2 is 2.11 bits per heavy atom. The topological polar surface area (TPSA) is 150 Å². The molecule has 2 atom stereocenters. The third-order valence-electron chi connectivity index (χ3n) is 5.05. The second-order valence-electron chi connectivity index (χ2n) is 7.88. The zero-order valence-corrected chi connectivity index (χ0v) is 19.5. The quantitative estimate of drug-likeness (QED) is 0.601. The fraction of sp³-hybridized carbons (Fsp3) is 0.350. The molecule has 0 radical (unpaired) electrons. The summed E-state index contributed by atoms with van der Waals surface area (Å²) < 4.78 is 70.4. The van der Waals surface area contributed by atoms with E-state index in [1.807, 2.05) is 6.07 Å². The minimum absolute atomic E-state index is 0.00147. The number of aliphatic imine (C=N–C) groups is 1. The van der Waals surface area contributed by atoms with E-state index in [1.165, 1.54) is 26.2 Å². The number of aromatic nitrogens is 2. The summed E-state index contributed by atoms with van der Waals surface area (Å²) in [6.07, 6.45) is -3.50. The lowest BCUT2D eigenvalue weighted by molar-refractivity contribution is -0.117. The van der Waals surface area contributed by atoms with Gasteiger partial charge in [-0.15, -0.1) is 0 Å². The molecular weight excluding hydrogens is 492 g/mol. The monoisotopic (exact) mass is 512 g/mol. The molecule has 3 rings (SSSR count). The third kappa shape index (κ3) is 5.48. The number of alkyl halides is 3. The normalized spacial score (nSPS) is 22.2. The predicted octanol–water partition coefficient (Wildman–Crippen LogP) is 2.47. The standard InChI is InChI=1S/C20H20F4N8O2S/c1-11-6-12(7-25)8-27-15(11)17(33)30-14-5-4-13(21)16(29-14)19(2)10-35(34,28-9-20(22,23)24)32(3)18(26)31-19/h4-6,8H,9-10H2,1-3H3,(H2,26,31)(H,29,30,33)/t19-,35?/m0/s1. The largest absolute Gasteiger partial charge is 0.408 e. The maximum absolute atomic E-state index is 14.8. The zero-order chi connectivity index (χ0) is 26.2. The van der Waals surface area contributed by atoms with E-state index in [-0.39, 0.29) is 17.1 Å². The van der Waals surface area contributed by atoms with Gasteiger partial charge in [0.25, 0.3) is 5.91 Å². The number of hydrogen-bond acceptors (Lipinski definition) is 8. The fourth-order valence-electron chi connectivity index (χ4n) is 3.33. The molecule has 10 nitrogen and oxygen atoms in total. The number of carbonyl (C=O) groups excluding carboxylic acids is 1. The van der Waals surface area contributed by atoms with Crippen LogP contribution in [0, 0.1) is 24.1 Å². The first-order valence-corrected chi connectivity index (χ1v) is 11.5. The van der Waals surface area contributed by atoms with Gasteiger partial charge in [0, 0.05) is 13.2 Å². The Morgan fingerprint density at radius 1 is 1.43 bits per heavy atom. The van der Waals surface area contributed by atoms with Crippen LogP contribution < -0.4 is 11.1 Å². The van der Waals surface area contributed by atoms with Crippen LogP contribution in [0.25, 0.3) is 0 Å². The van der Waals surface area contributed by atoms with Gasteiger partial charge in [-0.3, -0.25) is 9.10 Å². The summed E-state index contributed by atoms with van der Waals surface area (Å²) in [7, 11) is -2.59. The van der Waals surface area contributed by atoms with Crippen LogP contribution in [0.5, 0.6) is 0 Å². The molecule has 2 aromatic heterocycles. The predicted molar refractivity (Wildman–Crippen MR) is 119 cm³/mol. The number of nitrogens with one attached hydrogen (secondary N) is 1. The lowest BCUT2D eigenvalue weighted by atomic mass is 10.00. The van der Waals surface area contributed by atoms with Crippen molar-refractivity contribution in [1.29, 1.82) is 5.26 Å². The summed E-state index contributed by atoms with van der Waals surface area (Å²) in [5.41, 5.74) is 4.31. The highest BCUT2D eigenvalue weighted by Crippen LogP contribution is 2.34. The molecule has 1 unspecified atom stereocenters. The first-order valence-electron chi connectivity index (χ1n) is 9.89. The van der Waals surface area contributed by atoms with Crippen LogP contribution in [-0.2, 0) is 15.5 Å². The number of carbonyl (C=O) groups is 1. The summed E-state index contributed by atoms with van der Waals surface area (Å²) in [6, 6.07) is 5.49. The first kappa shape index (κ1) is 25.8. The molecule has 0 bridgehead atoms. The fourth-order valence-corrected chi connectivity index (χ4v) is 5.40. The van der Waals surface area contributed by atoms with E-state index in [1.54, 1.807) is 6.92 Å². The molecule has 1 amide bonds. The maximum atomic E-state index is 14.8. The second-order valence-corrected chi connectivity index (χ2v) is 10.2. The maximum Gasteiger partial charge on any atom is 0.408 e. The van der Waals surface area contributed by atoms with Gasteiger partial charge < -0.3 is 11.1 Å². The van der Waals surface area contributed by atoms with E-state index < -0.39 is 57.3 Å². The van der Waals surface area contributed by atoms with Crippen molar-refractivity contribution in [2.45, 2.75) is 25.6 Å². The van der Waals surface area contributed by atoms with Crippen molar-refractivity contribution in [3.63, 3.8) is 0 Å². The van der Waals surface area contributed by atoms with Gasteiger partial charge in [0.05, 0.1) is 11.3 Å². The van der Waals surface area contributed by atoms with Crippen LogP contribution in [-0.4, -0.2) is 55.9 Å². The zero-order valence-electron chi connectivity index (χ0n) is 18.7. The van der Waals surface area contributed by atoms with E-state index >= 15 is 0 Å². The summed E-state index contributed by atoms with van der Waals surface area (Å²) in [4.78, 5) is 24.8. The van der Waals surface area contributed by atoms with Crippen molar-refractivity contribution < 1.29 is 26.6 Å². The van der Waals surface area contributed by atoms with Crippen molar-refractivity contribution in [2.75, 3.05) is 24.7 Å². The minimum Gasteiger partial charge on any atom is -0.369 e. The molecule has 15 heteroatoms. The summed E-state index contributed by atoms with van der Waals surface area (Å²) >= 11 is 0. The molecular formula is C20H20F4N8O2S. The lowest BCUT2D eigenvalue weighted by Crippen LogP contribution is -2.51. The highest BCUT2D eigenvalue weighted by atomic mass is 32.2. The molecule has 0 aliphatic carbocycles. The number of aryl methyl sites for hydroxylation is 1. The Morgan fingerprint density at radius 3 is 2.71 bits per heavy atom. The van der Waals surface area contributed by atoms with E-state index in [0.717, 1.165) is 16.4 Å². The molecule has 35 heavy (non-hydrogen) atoms. The van der Waals surface area contributed by atoms with Gasteiger partial charge in [0.2, 0.25) is 5.96 Å². The van der Waals surface area contributed by atoms with Crippen molar-refractivity contribution in [3.05, 3.63) is 52.7 Å². The molecule has 186 valence electrons. The number of nitrogens with zero attached hydrogens (tertiary/aromatic N) is 6. The molecule has 0 saturated carbocycles. The van der Waals surface area contributed by atoms with Crippen molar-refractivity contribution >= 4 is 27.6 Å². The third-order valence-corrected chi connectivity index (χ3v) is 7.56. The number of nitrogens with two attached hydrogens (primary N) is 1. The van der Waals surface area contributed by atoms with Crippen LogP contribution in [0.15, 0.2) is 33.8 Å². The van der Waals surface area contributed by atoms with Crippen molar-refractivity contribution in [1.82, 2.24) is 14.3 Å². The van der Waals surface area contributed by atoms with Crippen LogP contribution in [0.4, 0.5) is 23.4 Å². The number of guanidine groups is 1. The van der Waals surface area contributed by atoms with Gasteiger partial charge >= 0.3 is 6.18 Å². The van der Waals surface area contributed by atoms with E-state index in [9.17, 15) is 26.6 Å². The van der Waals surface area contributed by atoms with Crippen LogP contribution >= 0.6 is 0 Å². The van der Waals surface area contributed by atoms with Gasteiger partial charge in [-0.2, -0.15) is 18.4 Å². The van der Waals surface area contributed by atoms with Gasteiger partial charge in [-0.1, -0.05) is 0 Å². The Kier molecular flexibility index (Phi) is 6.71. The number of nitriles is 1. The summed E-state index contributed by atoms with van der Waals surface area (Å²) in [5, 5.41) is 11.4. The summed E-state index contributed by atoms with van der Waals surface area (Å²) in [5.74, 6) is -2.77. The smallest absolute Gasteiger partial charge is 0.369 e. The number of hydrogen-bond donors (Lipinski definition) is 2. The van der Waals surface area contributed by atoms with E-state index in [0.29, 0.717) is 5.56 Å². The molecule has 3 N–H and O–H groups in total. The van der Waals surface area contributed by atoms with E-state index in [2.05, 4.69) is 24.6 Å². The van der Waals surface area contributed by atoms with Crippen LogP contribution in [0.2, 0.25) is 0 Å². The van der Waals surface area contributed by atoms with Crippen LogP contribution in [0.1, 0.15) is 34.2 Å². The van der Waals surface area contributed by atoms with Gasteiger partial charge in [0.15, 0.2) is 0 Å². The summed E-state index contributed by atoms with van der Waals surface area (Å²) in [6.45, 7) is 1.19. The number of pyridine rings is 2. The molecule has 0 aromatic carbocycles. The molecule has 1 aliphatic rings. The van der Waals surface area contributed by atoms with Gasteiger partial charge in [-0.05, 0) is 37.6 Å². The number of amides is 1. The average Bonchev–Trinajstić information content (AvgIpc) is 2.76. The average molecular weight is 512 g/mol. The number of anilines is 1. The molecule has 1 aliphatic heterocycles. The SMILES string of the molecule is Cc1cc(C#N)cnc1C(=O)Nc1ccc(F)c([C@]2(C)CS(=O)(=NCC(F)(F)F)N(C)C(N)=N2)n1. The van der Waals surface area contributed by atoms with Gasteiger partial charge in [-0.25, -0.2) is 27.9 Å². The number of halogens is 4. The Bertz CT molecular complexity index is 1380. The Balaban J connectivity index is 1.99. The Labute approximate surface area is 198 Å². The highest BCUT2D eigenvalue weighted by molar-refractivity contribution is 7.92. The molecule has 0 fully saturated rings.